The fourth-order valence-corrected chi connectivity index (χ4v) is 4.15. The molecule has 0 bridgehead atoms. The van der Waals surface area contributed by atoms with E-state index in [1.54, 1.807) is 11.9 Å². The molecular weight excluding hydrogens is 243 g/mol. The molecule has 6 heteroatoms. The van der Waals surface area contributed by atoms with Crippen LogP contribution in [0.4, 0.5) is 0 Å². The fraction of sp³-hybridized carbons (Fsp3) is 0.923. The first-order valence-corrected chi connectivity index (χ1v) is 6.93. The molecule has 3 heterocycles. The highest BCUT2D eigenvalue weighted by Gasteiger charge is 2.65. The highest BCUT2D eigenvalue weighted by atomic mass is 16.5. The maximum atomic E-state index is 12.3. The summed E-state index contributed by atoms with van der Waals surface area (Å²) < 4.78 is 6.08. The molecule has 0 aromatic carbocycles. The quantitative estimate of drug-likeness (QED) is 0.612. The van der Waals surface area contributed by atoms with Crippen LogP contribution in [0.1, 0.15) is 27.2 Å². The lowest BCUT2D eigenvalue weighted by atomic mass is 9.72. The van der Waals surface area contributed by atoms with Crippen molar-refractivity contribution >= 4 is 13.9 Å². The van der Waals surface area contributed by atoms with Gasteiger partial charge in [0.1, 0.15) is 6.10 Å². The summed E-state index contributed by atoms with van der Waals surface area (Å²) in [7, 11) is 7.86. The Balaban J connectivity index is 1.99. The van der Waals surface area contributed by atoms with Crippen molar-refractivity contribution in [2.75, 3.05) is 7.05 Å². The van der Waals surface area contributed by atoms with Crippen LogP contribution in [0.2, 0.25) is 0 Å². The van der Waals surface area contributed by atoms with Gasteiger partial charge in [-0.3, -0.25) is 4.79 Å². The number of hydrogen-bond acceptors (Lipinski definition) is 4. The molecule has 104 valence electrons. The SMILES string of the molecule is [B]N1C(C)C(C)CC2(C)OC3C(C(=O)N(C)C3O)C12. The van der Waals surface area contributed by atoms with Gasteiger partial charge in [-0.2, -0.15) is 0 Å². The number of nitrogens with zero attached hydrogens (tertiary/aromatic N) is 2. The molecular formula is C13H21BN2O3. The smallest absolute Gasteiger partial charge is 0.232 e. The van der Waals surface area contributed by atoms with Crippen LogP contribution in [-0.2, 0) is 9.53 Å². The van der Waals surface area contributed by atoms with Crippen molar-refractivity contribution in [3.63, 3.8) is 0 Å². The number of amides is 1. The first kappa shape index (κ1) is 13.4. The predicted molar refractivity (Wildman–Crippen MR) is 70.2 cm³/mol. The lowest BCUT2D eigenvalue weighted by Crippen LogP contribution is -2.61. The van der Waals surface area contributed by atoms with E-state index in [4.69, 9.17) is 12.7 Å². The van der Waals surface area contributed by atoms with Crippen LogP contribution in [0.3, 0.4) is 0 Å². The Morgan fingerprint density at radius 2 is 2.11 bits per heavy atom. The van der Waals surface area contributed by atoms with Crippen LogP contribution in [0.15, 0.2) is 0 Å². The van der Waals surface area contributed by atoms with Crippen molar-refractivity contribution in [1.82, 2.24) is 9.71 Å². The molecule has 0 aromatic rings. The molecule has 2 radical (unpaired) electrons. The van der Waals surface area contributed by atoms with Gasteiger partial charge in [-0.05, 0) is 25.3 Å². The molecule has 0 aromatic heterocycles. The van der Waals surface area contributed by atoms with Crippen molar-refractivity contribution in [3.8, 4) is 0 Å². The van der Waals surface area contributed by atoms with E-state index in [2.05, 4.69) is 13.8 Å². The Kier molecular flexibility index (Phi) is 2.79. The number of likely N-dealkylation sites (N-methyl/N-ethyl adjacent to an activating group) is 1. The Bertz CT molecular complexity index is 421. The lowest BCUT2D eigenvalue weighted by molar-refractivity contribution is -0.150. The number of piperidine rings is 1. The number of likely N-dealkylation sites (tertiary alicyclic amines) is 1. The maximum Gasteiger partial charge on any atom is 0.232 e. The van der Waals surface area contributed by atoms with Gasteiger partial charge in [-0.1, -0.05) is 13.8 Å². The van der Waals surface area contributed by atoms with Crippen molar-refractivity contribution in [3.05, 3.63) is 0 Å². The van der Waals surface area contributed by atoms with Gasteiger partial charge in [0.15, 0.2) is 14.2 Å². The van der Waals surface area contributed by atoms with Gasteiger partial charge < -0.3 is 19.6 Å². The molecule has 0 aliphatic carbocycles. The Hall–Kier alpha value is -0.585. The zero-order chi connectivity index (χ0) is 14.1. The molecule has 3 aliphatic heterocycles. The van der Waals surface area contributed by atoms with Crippen LogP contribution in [0, 0.1) is 11.8 Å². The van der Waals surface area contributed by atoms with Gasteiger partial charge in [0.2, 0.25) is 5.91 Å². The second kappa shape index (κ2) is 3.96. The van der Waals surface area contributed by atoms with Gasteiger partial charge in [-0.25, -0.2) is 0 Å². The van der Waals surface area contributed by atoms with E-state index >= 15 is 0 Å². The third-order valence-electron chi connectivity index (χ3n) is 5.39. The second-order valence-corrected chi connectivity index (χ2v) is 6.60. The number of hydrogen-bond donors (Lipinski definition) is 1. The average Bonchev–Trinajstić information content (AvgIpc) is 2.75. The van der Waals surface area contributed by atoms with Gasteiger partial charge >= 0.3 is 0 Å². The summed E-state index contributed by atoms with van der Waals surface area (Å²) in [5.41, 5.74) is -0.450. The number of aliphatic hydroxyl groups excluding tert-OH is 1. The number of fused-ring (bicyclic) bond motifs is 3. The number of carbonyl (C=O) groups excluding carboxylic acids is 1. The van der Waals surface area contributed by atoms with Crippen molar-refractivity contribution in [2.24, 2.45) is 11.8 Å². The minimum absolute atomic E-state index is 0.0663. The van der Waals surface area contributed by atoms with Gasteiger partial charge in [-0.15, -0.1) is 0 Å². The largest absolute Gasteiger partial charge is 0.371 e. The second-order valence-electron chi connectivity index (χ2n) is 6.60. The summed E-state index contributed by atoms with van der Waals surface area (Å²) in [4.78, 5) is 15.5. The van der Waals surface area contributed by atoms with Gasteiger partial charge in [0.25, 0.3) is 0 Å². The van der Waals surface area contributed by atoms with Crippen LogP contribution in [-0.4, -0.2) is 65.8 Å². The fourth-order valence-electron chi connectivity index (χ4n) is 4.15. The molecule has 3 saturated heterocycles. The monoisotopic (exact) mass is 264 g/mol. The Labute approximate surface area is 115 Å². The van der Waals surface area contributed by atoms with Gasteiger partial charge in [0, 0.05) is 13.1 Å². The minimum Gasteiger partial charge on any atom is -0.371 e. The standard InChI is InChI=1S/C13H21BN2O3/c1-6-5-13(3)10(16(14)7(6)2)8-9(19-13)12(18)15(4)11(8)17/h6-10,12,18H,5H2,1-4H3. The van der Waals surface area contributed by atoms with Crippen LogP contribution < -0.4 is 0 Å². The Morgan fingerprint density at radius 3 is 2.74 bits per heavy atom. The van der Waals surface area contributed by atoms with E-state index in [9.17, 15) is 9.90 Å². The van der Waals surface area contributed by atoms with E-state index in [-0.39, 0.29) is 23.9 Å². The van der Waals surface area contributed by atoms with E-state index in [0.29, 0.717) is 5.92 Å². The molecule has 3 rings (SSSR count). The third-order valence-corrected chi connectivity index (χ3v) is 5.39. The highest BCUT2D eigenvalue weighted by molar-refractivity contribution is 6.05. The molecule has 5 nitrogen and oxygen atoms in total. The molecule has 3 aliphatic rings. The molecule has 7 atom stereocenters. The molecule has 0 saturated carbocycles. The van der Waals surface area contributed by atoms with Crippen molar-refractivity contribution < 1.29 is 14.6 Å². The predicted octanol–water partition coefficient (Wildman–Crippen LogP) is -0.267. The summed E-state index contributed by atoms with van der Waals surface area (Å²) in [6, 6.07) is 0.0482. The molecule has 1 amide bonds. The normalized spacial score (nSPS) is 54.4. The molecule has 0 spiro atoms. The first-order chi connectivity index (χ1) is 8.78. The Morgan fingerprint density at radius 1 is 1.47 bits per heavy atom. The van der Waals surface area contributed by atoms with E-state index in [0.717, 1.165) is 6.42 Å². The zero-order valence-corrected chi connectivity index (χ0v) is 11.9. The number of carbonyl (C=O) groups is 1. The number of ether oxygens (including phenoxy) is 1. The molecule has 7 unspecified atom stereocenters. The molecule has 3 fully saturated rings. The van der Waals surface area contributed by atoms with E-state index in [1.165, 1.54) is 4.90 Å². The summed E-state index contributed by atoms with van der Waals surface area (Å²) in [5.74, 6) is -0.0246. The van der Waals surface area contributed by atoms with Crippen molar-refractivity contribution in [1.29, 1.82) is 0 Å². The third kappa shape index (κ3) is 1.57. The topological polar surface area (TPSA) is 53.0 Å². The van der Waals surface area contributed by atoms with E-state index in [1.807, 2.05) is 6.92 Å². The highest BCUT2D eigenvalue weighted by Crippen LogP contribution is 2.50. The first-order valence-electron chi connectivity index (χ1n) is 6.93. The number of aliphatic hydroxyl groups is 1. The van der Waals surface area contributed by atoms with Crippen LogP contribution in [0.5, 0.6) is 0 Å². The summed E-state index contributed by atoms with van der Waals surface area (Å²) in [5, 5.41) is 10.1. The minimum atomic E-state index is -0.862. The van der Waals surface area contributed by atoms with Crippen molar-refractivity contribution in [2.45, 2.75) is 57.2 Å². The average molecular weight is 264 g/mol. The molecule has 19 heavy (non-hydrogen) atoms. The van der Waals surface area contributed by atoms with Gasteiger partial charge in [0.05, 0.1) is 11.5 Å². The van der Waals surface area contributed by atoms with E-state index < -0.39 is 17.9 Å². The zero-order valence-electron chi connectivity index (χ0n) is 11.9. The summed E-state index contributed by atoms with van der Waals surface area (Å²) in [6.07, 6.45) is -0.460. The maximum absolute atomic E-state index is 12.3. The summed E-state index contributed by atoms with van der Waals surface area (Å²) >= 11 is 0. The lowest BCUT2D eigenvalue weighted by Gasteiger charge is -2.50. The molecule has 1 N–H and O–H groups in total. The van der Waals surface area contributed by atoms with Crippen LogP contribution >= 0.6 is 0 Å². The summed E-state index contributed by atoms with van der Waals surface area (Å²) in [6.45, 7) is 6.24. The van der Waals surface area contributed by atoms with Crippen LogP contribution in [0.25, 0.3) is 0 Å². The number of rotatable bonds is 0.